The monoisotopic (exact) mass is 345 g/mol. The Hall–Kier alpha value is -2.46. The van der Waals surface area contributed by atoms with E-state index in [-0.39, 0.29) is 11.1 Å². The van der Waals surface area contributed by atoms with Gasteiger partial charge < -0.3 is 14.6 Å². The fraction of sp³-hybridized carbons (Fsp3) is 0.308. The highest BCUT2D eigenvalue weighted by Crippen LogP contribution is 2.20. The molecular weight excluding hydrogens is 330 g/mol. The van der Waals surface area contributed by atoms with Crippen LogP contribution in [0.2, 0.25) is 0 Å². The van der Waals surface area contributed by atoms with Gasteiger partial charge in [-0.05, 0) is 25.1 Å². The van der Waals surface area contributed by atoms with Crippen molar-refractivity contribution in [3.05, 3.63) is 29.3 Å². The summed E-state index contributed by atoms with van der Waals surface area (Å²) in [6.45, 7) is 1.11. The highest BCUT2D eigenvalue weighted by atomic mass is 32.2. The van der Waals surface area contributed by atoms with Crippen molar-refractivity contribution >= 4 is 27.9 Å². The highest BCUT2D eigenvalue weighted by Gasteiger charge is 2.28. The molecule has 0 spiro atoms. The molecule has 0 aliphatic carbocycles. The fourth-order valence-corrected chi connectivity index (χ4v) is 3.03. The lowest BCUT2D eigenvalue weighted by atomic mass is 10.1. The number of carbonyl (C=O) groups is 3. The van der Waals surface area contributed by atoms with Gasteiger partial charge in [0.1, 0.15) is 6.04 Å². The van der Waals surface area contributed by atoms with Crippen LogP contribution in [0.3, 0.4) is 0 Å². The summed E-state index contributed by atoms with van der Waals surface area (Å²) in [6.07, 6.45) is 0. The minimum absolute atomic E-state index is 0.122. The summed E-state index contributed by atoms with van der Waals surface area (Å²) in [7, 11) is -2.23. The molecule has 0 unspecified atom stereocenters. The van der Waals surface area contributed by atoms with E-state index >= 15 is 0 Å². The van der Waals surface area contributed by atoms with Crippen molar-refractivity contribution in [1.29, 1.82) is 0 Å². The molecule has 9 nitrogen and oxygen atoms in total. The van der Waals surface area contributed by atoms with Crippen LogP contribution in [0.15, 0.2) is 23.1 Å². The summed E-state index contributed by atoms with van der Waals surface area (Å²) in [6, 6.07) is 1.75. The first-order chi connectivity index (χ1) is 10.6. The first-order valence-electron chi connectivity index (χ1n) is 6.20. The number of ether oxygens (including phenoxy) is 2. The molecule has 23 heavy (non-hydrogen) atoms. The molecule has 0 heterocycles. The van der Waals surface area contributed by atoms with Crippen molar-refractivity contribution in [2.24, 2.45) is 0 Å². The number of carbonyl (C=O) groups excluding carboxylic acids is 2. The molecule has 0 aromatic heterocycles. The maximum absolute atomic E-state index is 12.3. The third kappa shape index (κ3) is 4.27. The van der Waals surface area contributed by atoms with Crippen LogP contribution in [0.1, 0.15) is 27.6 Å². The maximum Gasteiger partial charge on any atom is 0.339 e. The summed E-state index contributed by atoms with van der Waals surface area (Å²) in [5.74, 6) is -3.17. The molecule has 0 aliphatic heterocycles. The number of carboxylic acid groups (broad SMARTS) is 1. The van der Waals surface area contributed by atoms with Gasteiger partial charge in [-0.15, -0.1) is 0 Å². The van der Waals surface area contributed by atoms with Gasteiger partial charge in [-0.3, -0.25) is 4.79 Å². The molecule has 0 fully saturated rings. The van der Waals surface area contributed by atoms with Crippen LogP contribution < -0.4 is 4.72 Å². The Morgan fingerprint density at radius 3 is 2.17 bits per heavy atom. The Morgan fingerprint density at radius 1 is 1.13 bits per heavy atom. The Balaban J connectivity index is 3.47. The number of aliphatic carboxylic acids is 1. The molecule has 1 aromatic carbocycles. The van der Waals surface area contributed by atoms with E-state index < -0.39 is 38.9 Å². The number of methoxy groups -OCH3 is 2. The van der Waals surface area contributed by atoms with Gasteiger partial charge in [-0.25, -0.2) is 18.0 Å². The molecule has 0 amide bonds. The average Bonchev–Trinajstić information content (AvgIpc) is 2.52. The van der Waals surface area contributed by atoms with Gasteiger partial charge in [0.15, 0.2) is 0 Å². The second kappa shape index (κ2) is 7.20. The predicted octanol–water partition coefficient (Wildman–Crippen LogP) is 0.0112. The van der Waals surface area contributed by atoms with E-state index in [2.05, 4.69) is 9.47 Å². The Bertz CT molecular complexity index is 740. The Morgan fingerprint density at radius 2 is 1.70 bits per heavy atom. The fourth-order valence-electron chi connectivity index (χ4n) is 1.61. The minimum atomic E-state index is -4.39. The van der Waals surface area contributed by atoms with Gasteiger partial charge in [0.05, 0.1) is 30.2 Å². The van der Waals surface area contributed by atoms with Crippen LogP contribution in [-0.4, -0.2) is 51.7 Å². The smallest absolute Gasteiger partial charge is 0.339 e. The van der Waals surface area contributed by atoms with Crippen molar-refractivity contribution in [3.63, 3.8) is 0 Å². The van der Waals surface area contributed by atoms with Gasteiger partial charge in [0.2, 0.25) is 10.0 Å². The van der Waals surface area contributed by atoms with E-state index in [1.807, 2.05) is 4.72 Å². The average molecular weight is 345 g/mol. The molecule has 0 bridgehead atoms. The lowest BCUT2D eigenvalue weighted by Crippen LogP contribution is -2.39. The number of carboxylic acids is 1. The Labute approximate surface area is 132 Å². The van der Waals surface area contributed by atoms with E-state index in [0.29, 0.717) is 0 Å². The molecule has 2 N–H and O–H groups in total. The topological polar surface area (TPSA) is 136 Å². The first kappa shape index (κ1) is 18.6. The number of sulfonamides is 1. The maximum atomic E-state index is 12.3. The molecule has 0 aliphatic rings. The van der Waals surface area contributed by atoms with Crippen molar-refractivity contribution < 1.29 is 37.4 Å². The number of benzene rings is 1. The van der Waals surface area contributed by atoms with Crippen molar-refractivity contribution in [2.75, 3.05) is 14.2 Å². The van der Waals surface area contributed by atoms with E-state index in [0.717, 1.165) is 33.3 Å². The number of rotatable bonds is 6. The summed E-state index contributed by atoms with van der Waals surface area (Å²) in [4.78, 5) is 33.5. The molecule has 0 saturated carbocycles. The van der Waals surface area contributed by atoms with Gasteiger partial charge in [-0.1, -0.05) is 0 Å². The van der Waals surface area contributed by atoms with Gasteiger partial charge in [0, 0.05) is 0 Å². The first-order valence-corrected chi connectivity index (χ1v) is 7.68. The third-order valence-electron chi connectivity index (χ3n) is 2.80. The summed E-state index contributed by atoms with van der Waals surface area (Å²) < 4.78 is 35.5. The zero-order valence-electron chi connectivity index (χ0n) is 12.5. The van der Waals surface area contributed by atoms with Crippen molar-refractivity contribution in [3.8, 4) is 0 Å². The van der Waals surface area contributed by atoms with Crippen LogP contribution >= 0.6 is 0 Å². The van der Waals surface area contributed by atoms with Crippen LogP contribution in [0.5, 0.6) is 0 Å². The molecule has 10 heteroatoms. The van der Waals surface area contributed by atoms with Crippen molar-refractivity contribution in [2.45, 2.75) is 17.9 Å². The second-order valence-electron chi connectivity index (χ2n) is 4.38. The quantitative estimate of drug-likeness (QED) is 0.688. The summed E-state index contributed by atoms with van der Waals surface area (Å²) in [5, 5.41) is 8.81. The molecule has 1 rings (SSSR count). The SMILES string of the molecule is COC(=O)c1ccc(C(=O)OC)c(S(=O)(=O)N[C@H](C)C(=O)O)c1. The molecule has 1 aromatic rings. The molecule has 126 valence electrons. The van der Waals surface area contributed by atoms with Gasteiger partial charge in [-0.2, -0.15) is 4.72 Å². The predicted molar refractivity (Wildman–Crippen MR) is 76.5 cm³/mol. The molecule has 0 radical (unpaired) electrons. The zero-order valence-corrected chi connectivity index (χ0v) is 13.3. The third-order valence-corrected chi connectivity index (χ3v) is 4.38. The number of nitrogens with one attached hydrogen (secondary N) is 1. The zero-order chi connectivity index (χ0) is 17.8. The minimum Gasteiger partial charge on any atom is -0.480 e. The normalized spacial score (nSPS) is 12.3. The van der Waals surface area contributed by atoms with Crippen LogP contribution in [0.25, 0.3) is 0 Å². The van der Waals surface area contributed by atoms with E-state index in [4.69, 9.17) is 5.11 Å². The van der Waals surface area contributed by atoms with E-state index in [9.17, 15) is 22.8 Å². The summed E-state index contributed by atoms with van der Waals surface area (Å²) >= 11 is 0. The molecular formula is C13H15NO8S. The van der Waals surface area contributed by atoms with E-state index in [1.54, 1.807) is 0 Å². The highest BCUT2D eigenvalue weighted by molar-refractivity contribution is 7.89. The van der Waals surface area contributed by atoms with Crippen molar-refractivity contribution in [1.82, 2.24) is 4.72 Å². The molecule has 1 atom stereocenters. The number of esters is 2. The lowest BCUT2D eigenvalue weighted by molar-refractivity contribution is -0.138. The van der Waals surface area contributed by atoms with Crippen LogP contribution in [0, 0.1) is 0 Å². The van der Waals surface area contributed by atoms with Gasteiger partial charge >= 0.3 is 17.9 Å². The molecule has 0 saturated heterocycles. The largest absolute Gasteiger partial charge is 0.480 e. The lowest BCUT2D eigenvalue weighted by Gasteiger charge is -2.13. The van der Waals surface area contributed by atoms with Gasteiger partial charge in [0.25, 0.3) is 0 Å². The van der Waals surface area contributed by atoms with Crippen LogP contribution in [0.4, 0.5) is 0 Å². The van der Waals surface area contributed by atoms with E-state index in [1.165, 1.54) is 6.07 Å². The number of hydrogen-bond donors (Lipinski definition) is 2. The van der Waals surface area contributed by atoms with Crippen LogP contribution in [-0.2, 0) is 24.3 Å². The Kier molecular flexibility index (Phi) is 5.82. The standard InChI is InChI=1S/C13H15NO8S/c1-7(11(15)16)14-23(19,20)10-6-8(12(17)21-2)4-5-9(10)13(18)22-3/h4-7,14H,1-3H3,(H,15,16)/t7-/m1/s1. The second-order valence-corrected chi connectivity index (χ2v) is 6.06. The number of hydrogen-bond acceptors (Lipinski definition) is 7. The summed E-state index contributed by atoms with van der Waals surface area (Å²) in [5.41, 5.74) is -0.464.